The summed E-state index contributed by atoms with van der Waals surface area (Å²) in [7, 11) is 1.73. The van der Waals surface area contributed by atoms with Gasteiger partial charge in [-0.25, -0.2) is 4.39 Å². The van der Waals surface area contributed by atoms with Crippen molar-refractivity contribution in [2.45, 2.75) is 39.3 Å². The Morgan fingerprint density at radius 2 is 2.08 bits per heavy atom. The predicted octanol–water partition coefficient (Wildman–Crippen LogP) is 2.91. The number of likely N-dealkylation sites (tertiary alicyclic amines) is 1. The van der Waals surface area contributed by atoms with E-state index in [4.69, 9.17) is 0 Å². The summed E-state index contributed by atoms with van der Waals surface area (Å²) in [6, 6.07) is 6.41. The Labute approximate surface area is 146 Å². The lowest BCUT2D eigenvalue weighted by atomic mass is 10.1. The first-order valence-corrected chi connectivity index (χ1v) is 8.48. The number of carbonyl (C=O) groups excluding carboxylic acids is 2. The number of carbonyl (C=O) groups is 2. The SMILES string of the molecule is CN(Cc1cc2cc(F)ccc2[nH]1)C(=O)[C@H]1CC(=O)N(C(C)(C)C)C1. The number of halogens is 1. The van der Waals surface area contributed by atoms with Crippen LogP contribution in [0.2, 0.25) is 0 Å². The molecule has 0 aliphatic carbocycles. The van der Waals surface area contributed by atoms with Gasteiger partial charge in [0.2, 0.25) is 11.8 Å². The molecule has 6 heteroatoms. The average Bonchev–Trinajstić information content (AvgIpc) is 3.08. The van der Waals surface area contributed by atoms with Crippen molar-refractivity contribution in [2.24, 2.45) is 5.92 Å². The summed E-state index contributed by atoms with van der Waals surface area (Å²) >= 11 is 0. The van der Waals surface area contributed by atoms with E-state index in [2.05, 4.69) is 4.98 Å². The molecule has 0 unspecified atom stereocenters. The summed E-state index contributed by atoms with van der Waals surface area (Å²) in [5.41, 5.74) is 1.41. The molecule has 0 saturated carbocycles. The van der Waals surface area contributed by atoms with Crippen molar-refractivity contribution in [2.75, 3.05) is 13.6 Å². The topological polar surface area (TPSA) is 56.4 Å². The highest BCUT2D eigenvalue weighted by Gasteiger charge is 2.40. The van der Waals surface area contributed by atoms with Gasteiger partial charge in [-0.15, -0.1) is 0 Å². The van der Waals surface area contributed by atoms with Crippen molar-refractivity contribution in [3.05, 3.63) is 35.8 Å². The molecule has 2 heterocycles. The van der Waals surface area contributed by atoms with Crippen molar-refractivity contribution < 1.29 is 14.0 Å². The Bertz CT molecular complexity index is 822. The summed E-state index contributed by atoms with van der Waals surface area (Å²) in [4.78, 5) is 31.5. The zero-order valence-electron chi connectivity index (χ0n) is 15.1. The Kier molecular flexibility index (Phi) is 4.31. The lowest BCUT2D eigenvalue weighted by Gasteiger charge is -2.32. The number of aromatic nitrogens is 1. The Hall–Kier alpha value is -2.37. The van der Waals surface area contributed by atoms with Gasteiger partial charge in [-0.2, -0.15) is 0 Å². The summed E-state index contributed by atoms with van der Waals surface area (Å²) in [5.74, 6) is -0.599. The number of hydrogen-bond acceptors (Lipinski definition) is 2. The van der Waals surface area contributed by atoms with Crippen LogP contribution in [-0.4, -0.2) is 45.7 Å². The molecule has 1 aliphatic heterocycles. The highest BCUT2D eigenvalue weighted by Crippen LogP contribution is 2.27. The van der Waals surface area contributed by atoms with Gasteiger partial charge in [0.05, 0.1) is 12.5 Å². The molecule has 1 fully saturated rings. The lowest BCUT2D eigenvalue weighted by Crippen LogP contribution is -2.43. The van der Waals surface area contributed by atoms with Crippen LogP contribution in [0.1, 0.15) is 32.9 Å². The fourth-order valence-corrected chi connectivity index (χ4v) is 3.41. The number of rotatable bonds is 3. The molecule has 1 N–H and O–H groups in total. The van der Waals surface area contributed by atoms with Crippen molar-refractivity contribution in [3.63, 3.8) is 0 Å². The molecule has 25 heavy (non-hydrogen) atoms. The predicted molar refractivity (Wildman–Crippen MR) is 94.3 cm³/mol. The fourth-order valence-electron chi connectivity index (χ4n) is 3.41. The number of nitrogens with one attached hydrogen (secondary N) is 1. The first kappa shape index (κ1) is 17.5. The van der Waals surface area contributed by atoms with Gasteiger partial charge in [-0.1, -0.05) is 0 Å². The van der Waals surface area contributed by atoms with Crippen molar-refractivity contribution in [1.29, 1.82) is 0 Å². The monoisotopic (exact) mass is 345 g/mol. The van der Waals surface area contributed by atoms with Gasteiger partial charge in [0.15, 0.2) is 0 Å². The van der Waals surface area contributed by atoms with E-state index in [1.54, 1.807) is 22.9 Å². The number of benzene rings is 1. The molecule has 1 atom stereocenters. The second kappa shape index (κ2) is 6.17. The van der Waals surface area contributed by atoms with Gasteiger partial charge in [0.1, 0.15) is 5.82 Å². The third kappa shape index (κ3) is 3.52. The minimum Gasteiger partial charge on any atom is -0.357 e. The quantitative estimate of drug-likeness (QED) is 0.930. The fraction of sp³-hybridized carbons (Fsp3) is 0.474. The molecule has 1 aromatic carbocycles. The summed E-state index contributed by atoms with van der Waals surface area (Å²) in [6.07, 6.45) is 0.262. The zero-order valence-corrected chi connectivity index (χ0v) is 15.1. The number of hydrogen-bond donors (Lipinski definition) is 1. The minimum absolute atomic E-state index is 0.0281. The molecule has 3 rings (SSSR count). The number of nitrogens with zero attached hydrogens (tertiary/aromatic N) is 2. The molecule has 0 radical (unpaired) electrons. The highest BCUT2D eigenvalue weighted by atomic mass is 19.1. The maximum Gasteiger partial charge on any atom is 0.228 e. The van der Waals surface area contributed by atoms with Gasteiger partial charge >= 0.3 is 0 Å². The lowest BCUT2D eigenvalue weighted by molar-refractivity contribution is -0.135. The molecule has 2 amide bonds. The van der Waals surface area contributed by atoms with Crippen LogP contribution < -0.4 is 0 Å². The number of H-pyrrole nitrogens is 1. The van der Waals surface area contributed by atoms with E-state index in [0.717, 1.165) is 16.6 Å². The smallest absolute Gasteiger partial charge is 0.228 e. The third-order valence-electron chi connectivity index (χ3n) is 4.71. The molecule has 2 aromatic rings. The van der Waals surface area contributed by atoms with Crippen molar-refractivity contribution in [1.82, 2.24) is 14.8 Å². The van der Waals surface area contributed by atoms with Crippen LogP contribution in [-0.2, 0) is 16.1 Å². The molecular formula is C19H24FN3O2. The van der Waals surface area contributed by atoms with E-state index >= 15 is 0 Å². The summed E-state index contributed by atoms with van der Waals surface area (Å²) < 4.78 is 13.3. The van der Waals surface area contributed by atoms with E-state index in [9.17, 15) is 14.0 Å². The third-order valence-corrected chi connectivity index (χ3v) is 4.71. The van der Waals surface area contributed by atoms with Crippen LogP contribution in [0, 0.1) is 11.7 Å². The second-order valence-electron chi connectivity index (χ2n) is 7.80. The standard InChI is InChI=1S/C19H24FN3O2/c1-19(2,3)23-10-13(9-17(23)24)18(25)22(4)11-15-8-12-7-14(20)5-6-16(12)21-15/h5-8,13,21H,9-11H2,1-4H3/t13-/m0/s1. The van der Waals surface area contributed by atoms with Crippen LogP contribution in [0.15, 0.2) is 24.3 Å². The maximum absolute atomic E-state index is 13.3. The van der Waals surface area contributed by atoms with Crippen molar-refractivity contribution >= 4 is 22.7 Å². The first-order valence-electron chi connectivity index (χ1n) is 8.48. The summed E-state index contributed by atoms with van der Waals surface area (Å²) in [6.45, 7) is 6.79. The normalized spacial score (nSPS) is 18.2. The van der Waals surface area contributed by atoms with Crippen LogP contribution in [0.4, 0.5) is 4.39 Å². The first-order chi connectivity index (χ1) is 11.6. The molecule has 134 valence electrons. The van der Waals surface area contributed by atoms with Crippen molar-refractivity contribution in [3.8, 4) is 0 Å². The van der Waals surface area contributed by atoms with E-state index < -0.39 is 0 Å². The van der Waals surface area contributed by atoms with E-state index in [-0.39, 0.29) is 35.5 Å². The molecule has 0 spiro atoms. The summed E-state index contributed by atoms with van der Waals surface area (Å²) in [5, 5.41) is 0.783. The molecule has 0 bridgehead atoms. The maximum atomic E-state index is 13.3. The largest absolute Gasteiger partial charge is 0.357 e. The van der Waals surface area contributed by atoms with Crippen LogP contribution in [0.25, 0.3) is 10.9 Å². The average molecular weight is 345 g/mol. The Morgan fingerprint density at radius 3 is 2.72 bits per heavy atom. The minimum atomic E-state index is -0.307. The molecule has 1 aromatic heterocycles. The van der Waals surface area contributed by atoms with Gasteiger partial charge in [-0.05, 0) is 45.0 Å². The highest BCUT2D eigenvalue weighted by molar-refractivity contribution is 5.89. The molecule has 1 saturated heterocycles. The Morgan fingerprint density at radius 1 is 1.36 bits per heavy atom. The van der Waals surface area contributed by atoms with Crippen LogP contribution in [0.5, 0.6) is 0 Å². The molecule has 1 aliphatic rings. The van der Waals surface area contributed by atoms with Crippen LogP contribution >= 0.6 is 0 Å². The van der Waals surface area contributed by atoms with Gasteiger partial charge in [-0.3, -0.25) is 9.59 Å². The number of amides is 2. The van der Waals surface area contributed by atoms with Gasteiger partial charge < -0.3 is 14.8 Å². The van der Waals surface area contributed by atoms with E-state index in [0.29, 0.717) is 13.1 Å². The van der Waals surface area contributed by atoms with Gasteiger partial charge in [0, 0.05) is 42.1 Å². The van der Waals surface area contributed by atoms with E-state index in [1.807, 2.05) is 26.8 Å². The Balaban J connectivity index is 1.69. The van der Waals surface area contributed by atoms with Gasteiger partial charge in [0.25, 0.3) is 0 Å². The second-order valence-corrected chi connectivity index (χ2v) is 7.80. The molecular weight excluding hydrogens is 321 g/mol. The molecule has 5 nitrogen and oxygen atoms in total. The number of aromatic amines is 1. The van der Waals surface area contributed by atoms with E-state index in [1.165, 1.54) is 12.1 Å². The van der Waals surface area contributed by atoms with Crippen LogP contribution in [0.3, 0.4) is 0 Å². The number of fused-ring (bicyclic) bond motifs is 1. The zero-order chi connectivity index (χ0) is 18.4.